The molecule has 0 aliphatic heterocycles. The summed E-state index contributed by atoms with van der Waals surface area (Å²) < 4.78 is 0. The highest BCUT2D eigenvalue weighted by Crippen LogP contribution is 1.47. The molecule has 0 aliphatic carbocycles. The predicted octanol–water partition coefficient (Wildman–Crippen LogP) is 0.303. The maximum absolute atomic E-state index is 4.78. The second-order valence-corrected chi connectivity index (χ2v) is 0.463. The van der Waals surface area contributed by atoms with E-state index in [1.54, 1.807) is 0 Å². The lowest BCUT2D eigenvalue weighted by Gasteiger charge is -1.50. The Balaban J connectivity index is 0. The van der Waals surface area contributed by atoms with Gasteiger partial charge in [-0.25, -0.2) is 0 Å². The van der Waals surface area contributed by atoms with Gasteiger partial charge in [-0.1, -0.05) is 0 Å². The molecule has 0 saturated heterocycles. The summed E-state index contributed by atoms with van der Waals surface area (Å²) in [6.07, 6.45) is 0. The molecule has 4 heavy (non-hydrogen) atoms. The third kappa shape index (κ3) is 73.4. The first-order valence-corrected chi connectivity index (χ1v) is 1.21. The largest absolute Gasteiger partial charge is 0.344 e. The van der Waals surface area contributed by atoms with E-state index in [0.29, 0.717) is 0 Å². The van der Waals surface area contributed by atoms with Crippen molar-refractivity contribution >= 4 is 11.6 Å². The van der Waals surface area contributed by atoms with Gasteiger partial charge in [-0.2, -0.15) is 0 Å². The number of alkyl halides is 1. The van der Waals surface area contributed by atoms with Crippen LogP contribution < -0.4 is 11.9 Å². The maximum atomic E-state index is 4.78. The van der Waals surface area contributed by atoms with Crippen molar-refractivity contribution in [3.05, 3.63) is 0 Å². The van der Waals surface area contributed by atoms with Crippen molar-refractivity contribution in [3.8, 4) is 0 Å². The topological polar surface area (TPSA) is 61.0 Å². The van der Waals surface area contributed by atoms with Gasteiger partial charge in [0.05, 0.1) is 6.00 Å². The van der Waals surface area contributed by atoms with E-state index in [1.807, 2.05) is 0 Å². The van der Waals surface area contributed by atoms with Gasteiger partial charge in [0.25, 0.3) is 0 Å². The van der Waals surface area contributed by atoms with E-state index in [-0.39, 0.29) is 12.2 Å². The van der Waals surface area contributed by atoms with E-state index >= 15 is 0 Å². The Hall–Kier alpha value is 0.210. The molecule has 0 aromatic heterocycles. The van der Waals surface area contributed by atoms with Crippen molar-refractivity contribution < 1.29 is 0 Å². The Bertz CT molecular complexity index is 6.00. The van der Waals surface area contributed by atoms with Crippen LogP contribution in [0.1, 0.15) is 0 Å². The molecule has 0 radical (unpaired) electrons. The van der Waals surface area contributed by atoms with Crippen molar-refractivity contribution in [2.75, 3.05) is 6.00 Å². The standard InChI is InChI=1S/CH4ClN.H3N/c2-1-3;/h1,3H2;1H3. The lowest BCUT2D eigenvalue weighted by Crippen LogP contribution is -1.83. The molecular weight excluding hydrogens is 75.5 g/mol. The summed E-state index contributed by atoms with van der Waals surface area (Å²) in [6, 6.07) is 0.222. The summed E-state index contributed by atoms with van der Waals surface area (Å²) in [6.45, 7) is 0. The summed E-state index contributed by atoms with van der Waals surface area (Å²) in [5.41, 5.74) is 4.61. The first kappa shape index (κ1) is 8.88. The number of nitrogens with two attached hydrogens (primary N) is 1. The molecule has 0 saturated carbocycles. The fourth-order valence-electron chi connectivity index (χ4n) is 0. The van der Waals surface area contributed by atoms with Crippen molar-refractivity contribution in [1.82, 2.24) is 6.15 Å². The minimum atomic E-state index is 0. The zero-order valence-corrected chi connectivity index (χ0v) is 3.13. The molecule has 28 valence electrons. The maximum Gasteiger partial charge on any atom is 0.0688 e. The van der Waals surface area contributed by atoms with Gasteiger partial charge in [-0.15, -0.1) is 11.6 Å². The van der Waals surface area contributed by atoms with Crippen molar-refractivity contribution in [2.45, 2.75) is 0 Å². The molecule has 2 nitrogen and oxygen atoms in total. The summed E-state index contributed by atoms with van der Waals surface area (Å²) in [7, 11) is 0. The van der Waals surface area contributed by atoms with E-state index in [0.717, 1.165) is 0 Å². The van der Waals surface area contributed by atoms with E-state index in [1.165, 1.54) is 0 Å². The fraction of sp³-hybridized carbons (Fsp3) is 1.00. The monoisotopic (exact) mass is 82.0 g/mol. The lowest BCUT2D eigenvalue weighted by atomic mass is 11.6. The molecular formula is CH7ClN2. The highest BCUT2D eigenvalue weighted by molar-refractivity contribution is 6.17. The lowest BCUT2D eigenvalue weighted by molar-refractivity contribution is 1.39. The minimum absolute atomic E-state index is 0. The average Bonchev–Trinajstić information content (AvgIpc) is 0.918. The molecule has 0 bridgehead atoms. The fourth-order valence-corrected chi connectivity index (χ4v) is 0. The van der Waals surface area contributed by atoms with Crippen LogP contribution >= 0.6 is 11.6 Å². The SMILES string of the molecule is N.NCCl. The summed E-state index contributed by atoms with van der Waals surface area (Å²) in [5.74, 6) is 0. The minimum Gasteiger partial charge on any atom is -0.344 e. The van der Waals surface area contributed by atoms with Gasteiger partial charge >= 0.3 is 0 Å². The first-order valence-electron chi connectivity index (χ1n) is 0.676. The highest BCUT2D eigenvalue weighted by Gasteiger charge is 1.35. The first-order chi connectivity index (χ1) is 1.41. The van der Waals surface area contributed by atoms with Gasteiger partial charge in [-0.3, -0.25) is 0 Å². The van der Waals surface area contributed by atoms with Gasteiger partial charge in [-0.05, 0) is 0 Å². The third-order valence-corrected chi connectivity index (χ3v) is 0. The molecule has 0 aromatic rings. The molecule has 0 unspecified atom stereocenters. The van der Waals surface area contributed by atoms with Crippen LogP contribution in [0, 0.1) is 0 Å². The Morgan fingerprint density at radius 2 is 1.75 bits per heavy atom. The van der Waals surface area contributed by atoms with Gasteiger partial charge < -0.3 is 11.9 Å². The summed E-state index contributed by atoms with van der Waals surface area (Å²) in [5, 5.41) is 0. The second-order valence-electron chi connectivity index (χ2n) is 0.154. The van der Waals surface area contributed by atoms with Crippen LogP contribution in [-0.4, -0.2) is 6.00 Å². The molecule has 3 heteroatoms. The normalized spacial score (nSPS) is 4.50. The molecule has 0 atom stereocenters. The second kappa shape index (κ2) is 10.7. The van der Waals surface area contributed by atoms with E-state index in [9.17, 15) is 0 Å². The van der Waals surface area contributed by atoms with Gasteiger partial charge in [0.15, 0.2) is 0 Å². The van der Waals surface area contributed by atoms with Gasteiger partial charge in [0.1, 0.15) is 0 Å². The summed E-state index contributed by atoms with van der Waals surface area (Å²) in [4.78, 5) is 0. The number of rotatable bonds is 0. The molecule has 0 amide bonds. The number of halogens is 1. The molecule has 0 aliphatic rings. The Kier molecular flexibility index (Phi) is 23.8. The molecule has 0 rings (SSSR count). The van der Waals surface area contributed by atoms with Crippen LogP contribution in [-0.2, 0) is 0 Å². The van der Waals surface area contributed by atoms with Crippen LogP contribution in [0.3, 0.4) is 0 Å². The zero-order chi connectivity index (χ0) is 2.71. The molecule has 0 spiro atoms. The van der Waals surface area contributed by atoms with Crippen molar-refractivity contribution in [1.29, 1.82) is 0 Å². The van der Waals surface area contributed by atoms with Crippen LogP contribution in [0.25, 0.3) is 0 Å². The van der Waals surface area contributed by atoms with E-state index < -0.39 is 0 Å². The van der Waals surface area contributed by atoms with E-state index in [2.05, 4.69) is 5.73 Å². The van der Waals surface area contributed by atoms with Crippen LogP contribution in [0.4, 0.5) is 0 Å². The Labute approximate surface area is 30.5 Å². The van der Waals surface area contributed by atoms with Crippen LogP contribution in [0.15, 0.2) is 0 Å². The molecule has 0 aromatic carbocycles. The van der Waals surface area contributed by atoms with Gasteiger partial charge in [0.2, 0.25) is 0 Å². The Morgan fingerprint density at radius 3 is 1.75 bits per heavy atom. The van der Waals surface area contributed by atoms with Gasteiger partial charge in [0, 0.05) is 0 Å². The molecule has 0 heterocycles. The molecule has 0 fully saturated rings. The number of hydrogen-bond donors (Lipinski definition) is 2. The van der Waals surface area contributed by atoms with E-state index in [4.69, 9.17) is 11.6 Å². The summed E-state index contributed by atoms with van der Waals surface area (Å²) >= 11 is 4.78. The Morgan fingerprint density at radius 1 is 1.75 bits per heavy atom. The zero-order valence-electron chi connectivity index (χ0n) is 2.37. The third-order valence-electron chi connectivity index (χ3n) is 0. The predicted molar refractivity (Wildman–Crippen MR) is 19.9 cm³/mol. The number of hydrogen-bond acceptors (Lipinski definition) is 2. The average molecular weight is 82.5 g/mol. The smallest absolute Gasteiger partial charge is 0.0688 e. The quantitative estimate of drug-likeness (QED) is 0.326. The van der Waals surface area contributed by atoms with Crippen molar-refractivity contribution in [2.24, 2.45) is 5.73 Å². The van der Waals surface area contributed by atoms with Crippen molar-refractivity contribution in [3.63, 3.8) is 0 Å². The highest BCUT2D eigenvalue weighted by atomic mass is 35.5. The molecule has 5 N–H and O–H groups in total. The van der Waals surface area contributed by atoms with Crippen LogP contribution in [0.2, 0.25) is 0 Å². The van der Waals surface area contributed by atoms with Crippen LogP contribution in [0.5, 0.6) is 0 Å².